The third-order valence-corrected chi connectivity index (χ3v) is 6.89. The number of anilines is 1. The molecule has 3 aromatic rings. The van der Waals surface area contributed by atoms with Gasteiger partial charge in [0.25, 0.3) is 10.0 Å². The summed E-state index contributed by atoms with van der Waals surface area (Å²) in [5, 5.41) is 20.2. The molecule has 0 saturated heterocycles. The number of hydrogen-bond acceptors (Lipinski definition) is 4. The molecule has 1 unspecified atom stereocenters. The number of phenols is 2. The van der Waals surface area contributed by atoms with Gasteiger partial charge in [0.05, 0.1) is 16.6 Å². The molecule has 0 aliphatic carbocycles. The largest absolute Gasteiger partial charge is 0.508 e. The van der Waals surface area contributed by atoms with Gasteiger partial charge in [-0.2, -0.15) is 0 Å². The van der Waals surface area contributed by atoms with Crippen molar-refractivity contribution in [1.82, 2.24) is 0 Å². The molecule has 2 N–H and O–H groups in total. The zero-order valence-electron chi connectivity index (χ0n) is 14.9. The van der Waals surface area contributed by atoms with Crippen molar-refractivity contribution in [3.05, 3.63) is 71.8 Å². The van der Waals surface area contributed by atoms with Crippen molar-refractivity contribution in [2.24, 2.45) is 0 Å². The van der Waals surface area contributed by atoms with Crippen molar-refractivity contribution in [1.29, 1.82) is 0 Å². The number of rotatable bonds is 2. The van der Waals surface area contributed by atoms with E-state index < -0.39 is 16.1 Å². The van der Waals surface area contributed by atoms with Crippen LogP contribution in [0.2, 0.25) is 0 Å². The lowest BCUT2D eigenvalue weighted by Gasteiger charge is -2.37. The highest BCUT2D eigenvalue weighted by atomic mass is 32.2. The smallest absolute Gasteiger partial charge is 0.264 e. The van der Waals surface area contributed by atoms with Crippen LogP contribution in [-0.4, -0.2) is 18.6 Å². The third-order valence-electron chi connectivity index (χ3n) is 5.01. The first-order valence-corrected chi connectivity index (χ1v) is 10.0. The van der Waals surface area contributed by atoms with E-state index in [0.29, 0.717) is 16.8 Å². The van der Waals surface area contributed by atoms with Crippen molar-refractivity contribution in [2.75, 3.05) is 4.31 Å². The minimum absolute atomic E-state index is 0.0454. The lowest BCUT2D eigenvalue weighted by atomic mass is 9.90. The molecule has 0 spiro atoms. The fraction of sp³-hybridized carbons (Fsp3) is 0.143. The molecule has 3 aromatic carbocycles. The number of para-hydroxylation sites is 1. The van der Waals surface area contributed by atoms with E-state index >= 15 is 0 Å². The molecule has 1 heterocycles. The number of aryl methyl sites for hydroxylation is 1. The zero-order chi connectivity index (χ0) is 19.3. The van der Waals surface area contributed by atoms with Crippen LogP contribution in [0.3, 0.4) is 0 Å². The average molecular weight is 381 g/mol. The van der Waals surface area contributed by atoms with Crippen LogP contribution >= 0.6 is 0 Å². The Kier molecular flexibility index (Phi) is 3.89. The summed E-state index contributed by atoms with van der Waals surface area (Å²) < 4.78 is 28.4. The standard InChI is InChI=1S/C21H19NO4S/c1-13-12-15(10-11-19(13)23)27(25,26)22-14(2)21-17(7-5-9-20(21)24)16-6-3-4-8-18(16)22/h3-12,14,23-24H,1-2H3. The van der Waals surface area contributed by atoms with Crippen LogP contribution in [0.15, 0.2) is 65.6 Å². The molecule has 1 aliphatic heterocycles. The molecular weight excluding hydrogens is 362 g/mol. The van der Waals surface area contributed by atoms with Crippen LogP contribution in [0.4, 0.5) is 5.69 Å². The predicted octanol–water partition coefficient (Wildman–Crippen LogP) is 4.34. The van der Waals surface area contributed by atoms with Crippen LogP contribution in [0.25, 0.3) is 11.1 Å². The molecule has 27 heavy (non-hydrogen) atoms. The van der Waals surface area contributed by atoms with E-state index in [4.69, 9.17) is 0 Å². The zero-order valence-corrected chi connectivity index (χ0v) is 15.7. The highest BCUT2D eigenvalue weighted by Crippen LogP contribution is 2.49. The average Bonchev–Trinajstić information content (AvgIpc) is 2.64. The highest BCUT2D eigenvalue weighted by molar-refractivity contribution is 7.92. The van der Waals surface area contributed by atoms with Gasteiger partial charge in [-0.1, -0.05) is 30.3 Å². The first-order chi connectivity index (χ1) is 12.8. The van der Waals surface area contributed by atoms with Crippen LogP contribution in [-0.2, 0) is 10.0 Å². The molecule has 5 nitrogen and oxygen atoms in total. The second-order valence-corrected chi connectivity index (χ2v) is 8.50. The summed E-state index contributed by atoms with van der Waals surface area (Å²) in [6.07, 6.45) is 0. The Hall–Kier alpha value is -2.99. The first kappa shape index (κ1) is 17.4. The molecule has 138 valence electrons. The normalized spacial score (nSPS) is 15.9. The minimum Gasteiger partial charge on any atom is -0.508 e. The number of sulfonamides is 1. The van der Waals surface area contributed by atoms with E-state index in [0.717, 1.165) is 11.1 Å². The van der Waals surface area contributed by atoms with Gasteiger partial charge in [-0.25, -0.2) is 8.42 Å². The predicted molar refractivity (Wildman–Crippen MR) is 104 cm³/mol. The number of phenolic OH excluding ortho intramolecular Hbond substituents is 2. The molecular formula is C21H19NO4S. The lowest BCUT2D eigenvalue weighted by Crippen LogP contribution is -2.36. The Morgan fingerprint density at radius 3 is 2.33 bits per heavy atom. The van der Waals surface area contributed by atoms with Gasteiger partial charge < -0.3 is 10.2 Å². The minimum atomic E-state index is -3.91. The van der Waals surface area contributed by atoms with Gasteiger partial charge in [0.1, 0.15) is 11.5 Å². The Labute approximate surface area is 158 Å². The Balaban J connectivity index is 1.98. The molecule has 1 aliphatic rings. The molecule has 0 amide bonds. The van der Waals surface area contributed by atoms with Gasteiger partial charge in [-0.05, 0) is 55.3 Å². The SMILES string of the molecule is Cc1cc(S(=O)(=O)N2c3ccccc3-c3cccc(O)c3C2C)ccc1O. The second-order valence-electron chi connectivity index (χ2n) is 6.68. The van der Waals surface area contributed by atoms with Crippen molar-refractivity contribution < 1.29 is 18.6 Å². The fourth-order valence-corrected chi connectivity index (χ4v) is 5.42. The van der Waals surface area contributed by atoms with Crippen molar-refractivity contribution >= 4 is 15.7 Å². The summed E-state index contributed by atoms with van der Waals surface area (Å²) in [5.41, 5.74) is 3.20. The maximum atomic E-state index is 13.5. The van der Waals surface area contributed by atoms with Crippen LogP contribution in [0.5, 0.6) is 11.5 Å². The van der Waals surface area contributed by atoms with Crippen molar-refractivity contribution in [2.45, 2.75) is 24.8 Å². The Morgan fingerprint density at radius 1 is 0.889 bits per heavy atom. The molecule has 0 saturated carbocycles. The van der Waals surface area contributed by atoms with E-state index in [1.54, 1.807) is 38.1 Å². The molecule has 6 heteroatoms. The maximum Gasteiger partial charge on any atom is 0.264 e. The van der Waals surface area contributed by atoms with Gasteiger partial charge in [0.15, 0.2) is 0 Å². The Bertz CT molecular complexity index is 1150. The van der Waals surface area contributed by atoms with Crippen LogP contribution in [0.1, 0.15) is 24.1 Å². The molecule has 1 atom stereocenters. The fourth-order valence-electron chi connectivity index (χ4n) is 3.69. The van der Waals surface area contributed by atoms with E-state index in [-0.39, 0.29) is 16.4 Å². The third kappa shape index (κ3) is 2.56. The highest BCUT2D eigenvalue weighted by Gasteiger charge is 2.38. The van der Waals surface area contributed by atoms with E-state index in [9.17, 15) is 18.6 Å². The van der Waals surface area contributed by atoms with Crippen LogP contribution in [0, 0.1) is 6.92 Å². The molecule has 0 aromatic heterocycles. The molecule has 0 bridgehead atoms. The van der Waals surface area contributed by atoms with Gasteiger partial charge in [0, 0.05) is 11.1 Å². The van der Waals surface area contributed by atoms with Crippen LogP contribution < -0.4 is 4.31 Å². The molecule has 4 rings (SSSR count). The van der Waals surface area contributed by atoms with Gasteiger partial charge >= 0.3 is 0 Å². The molecule has 0 fully saturated rings. The quantitative estimate of drug-likeness (QED) is 0.692. The number of benzene rings is 3. The van der Waals surface area contributed by atoms with E-state index in [1.165, 1.54) is 22.5 Å². The van der Waals surface area contributed by atoms with Gasteiger partial charge in [-0.3, -0.25) is 4.31 Å². The van der Waals surface area contributed by atoms with E-state index in [2.05, 4.69) is 0 Å². The number of nitrogens with zero attached hydrogens (tertiary/aromatic N) is 1. The monoisotopic (exact) mass is 381 g/mol. The summed E-state index contributed by atoms with van der Waals surface area (Å²) in [7, 11) is -3.91. The number of hydrogen-bond donors (Lipinski definition) is 2. The number of aromatic hydroxyl groups is 2. The summed E-state index contributed by atoms with van der Waals surface area (Å²) in [6.45, 7) is 3.42. The topological polar surface area (TPSA) is 77.8 Å². The van der Waals surface area contributed by atoms with Crippen molar-refractivity contribution in [3.8, 4) is 22.6 Å². The maximum absolute atomic E-state index is 13.5. The lowest BCUT2D eigenvalue weighted by molar-refractivity contribution is 0.463. The second kappa shape index (κ2) is 6.03. The van der Waals surface area contributed by atoms with E-state index in [1.807, 2.05) is 18.2 Å². The first-order valence-electron chi connectivity index (χ1n) is 8.57. The Morgan fingerprint density at radius 2 is 1.59 bits per heavy atom. The summed E-state index contributed by atoms with van der Waals surface area (Å²) in [5.74, 6) is 0.112. The summed E-state index contributed by atoms with van der Waals surface area (Å²) >= 11 is 0. The summed E-state index contributed by atoms with van der Waals surface area (Å²) in [4.78, 5) is 0.0957. The summed E-state index contributed by atoms with van der Waals surface area (Å²) in [6, 6.07) is 16.1. The van der Waals surface area contributed by atoms with Gasteiger partial charge in [-0.15, -0.1) is 0 Å². The van der Waals surface area contributed by atoms with Crippen molar-refractivity contribution in [3.63, 3.8) is 0 Å². The van der Waals surface area contributed by atoms with Gasteiger partial charge in [0.2, 0.25) is 0 Å². The number of fused-ring (bicyclic) bond motifs is 3. The molecule has 0 radical (unpaired) electrons.